The number of oxime groups is 1. The first-order valence-corrected chi connectivity index (χ1v) is 10.8. The summed E-state index contributed by atoms with van der Waals surface area (Å²) in [4.78, 5) is 42.1. The minimum absolute atomic E-state index is 0.142. The standard InChI is InChI=1S/C24H31NO6/c1-5-7-8-9-10-12-17(25-31-21(28)11-6-2)16-15-20(29-3)22-18(26)13-14-19(27)23(22)24(16)30-4/h13-15H,5-12H2,1-4H3. The molecule has 0 unspecified atom stereocenters. The second-order valence-electron chi connectivity index (χ2n) is 7.39. The van der Waals surface area contributed by atoms with Crippen LogP contribution in [0.25, 0.3) is 0 Å². The lowest BCUT2D eigenvalue weighted by Gasteiger charge is -2.20. The number of ketones is 2. The van der Waals surface area contributed by atoms with Gasteiger partial charge in [-0.2, -0.15) is 0 Å². The number of hydrogen-bond acceptors (Lipinski definition) is 7. The number of carbonyl (C=O) groups is 3. The monoisotopic (exact) mass is 429 g/mol. The van der Waals surface area contributed by atoms with Gasteiger partial charge in [0.05, 0.1) is 31.1 Å². The Morgan fingerprint density at radius 2 is 1.55 bits per heavy atom. The second kappa shape index (κ2) is 12.0. The molecule has 0 amide bonds. The van der Waals surface area contributed by atoms with E-state index in [-0.39, 0.29) is 40.6 Å². The second-order valence-corrected chi connectivity index (χ2v) is 7.39. The van der Waals surface area contributed by atoms with E-state index in [1.54, 1.807) is 6.07 Å². The third-order valence-electron chi connectivity index (χ3n) is 5.09. The van der Waals surface area contributed by atoms with Crippen molar-refractivity contribution < 1.29 is 28.7 Å². The predicted molar refractivity (Wildman–Crippen MR) is 118 cm³/mol. The maximum absolute atomic E-state index is 12.6. The van der Waals surface area contributed by atoms with Gasteiger partial charge in [0.25, 0.3) is 0 Å². The van der Waals surface area contributed by atoms with Gasteiger partial charge < -0.3 is 14.3 Å². The molecule has 1 aromatic carbocycles. The molecule has 1 aromatic rings. The summed E-state index contributed by atoms with van der Waals surface area (Å²) in [6, 6.07) is 1.63. The number of rotatable bonds is 12. The number of nitrogens with zero attached hydrogens (tertiary/aromatic N) is 1. The average Bonchev–Trinajstić information content (AvgIpc) is 2.77. The van der Waals surface area contributed by atoms with Gasteiger partial charge in [-0.3, -0.25) is 9.59 Å². The molecule has 0 saturated heterocycles. The Balaban J connectivity index is 2.52. The molecule has 0 aliphatic heterocycles. The van der Waals surface area contributed by atoms with Gasteiger partial charge in [-0.25, -0.2) is 4.79 Å². The molecule has 0 fully saturated rings. The van der Waals surface area contributed by atoms with Gasteiger partial charge in [-0.15, -0.1) is 0 Å². The quantitative estimate of drug-likeness (QED) is 0.200. The summed E-state index contributed by atoms with van der Waals surface area (Å²) in [6.45, 7) is 4.03. The van der Waals surface area contributed by atoms with Crippen molar-refractivity contribution in [2.75, 3.05) is 14.2 Å². The van der Waals surface area contributed by atoms with E-state index in [0.717, 1.165) is 32.1 Å². The van der Waals surface area contributed by atoms with Crippen LogP contribution in [0, 0.1) is 0 Å². The van der Waals surface area contributed by atoms with Gasteiger partial charge in [-0.05, 0) is 37.5 Å². The lowest BCUT2D eigenvalue weighted by molar-refractivity contribution is -0.143. The van der Waals surface area contributed by atoms with Crippen LogP contribution < -0.4 is 9.47 Å². The number of fused-ring (bicyclic) bond motifs is 1. The van der Waals surface area contributed by atoms with Gasteiger partial charge in [-0.1, -0.05) is 44.7 Å². The van der Waals surface area contributed by atoms with Crippen LogP contribution >= 0.6 is 0 Å². The van der Waals surface area contributed by atoms with Crippen LogP contribution in [0.15, 0.2) is 23.4 Å². The van der Waals surface area contributed by atoms with Crippen LogP contribution in [0.1, 0.15) is 91.5 Å². The highest BCUT2D eigenvalue weighted by Crippen LogP contribution is 2.38. The number of hydrogen-bond donors (Lipinski definition) is 0. The molecule has 0 bridgehead atoms. The fourth-order valence-corrected chi connectivity index (χ4v) is 3.51. The number of ether oxygens (including phenoxy) is 2. The van der Waals surface area contributed by atoms with Gasteiger partial charge in [0, 0.05) is 12.0 Å². The van der Waals surface area contributed by atoms with E-state index in [2.05, 4.69) is 12.1 Å². The van der Waals surface area contributed by atoms with Crippen molar-refractivity contribution in [2.24, 2.45) is 5.16 Å². The SMILES string of the molecule is CCCCCCCC(=NOC(=O)CCC)c1cc(OC)c2c(c1OC)C(=O)C=CC2=O. The Kier molecular flexibility index (Phi) is 9.43. The molecule has 31 heavy (non-hydrogen) atoms. The molecule has 0 radical (unpaired) electrons. The summed E-state index contributed by atoms with van der Waals surface area (Å²) in [5, 5.41) is 4.12. The van der Waals surface area contributed by atoms with E-state index in [0.29, 0.717) is 24.1 Å². The van der Waals surface area contributed by atoms with Crippen LogP contribution in [0.2, 0.25) is 0 Å². The Morgan fingerprint density at radius 3 is 2.16 bits per heavy atom. The normalized spacial score (nSPS) is 13.2. The van der Waals surface area contributed by atoms with Crippen molar-refractivity contribution in [1.82, 2.24) is 0 Å². The largest absolute Gasteiger partial charge is 0.496 e. The number of unbranched alkanes of at least 4 members (excludes halogenated alkanes) is 4. The molecule has 0 heterocycles. The third-order valence-corrected chi connectivity index (χ3v) is 5.09. The van der Waals surface area contributed by atoms with E-state index < -0.39 is 5.97 Å². The highest BCUT2D eigenvalue weighted by atomic mass is 16.7. The molecule has 7 nitrogen and oxygen atoms in total. The van der Waals surface area contributed by atoms with Crippen LogP contribution in [0.5, 0.6) is 11.5 Å². The zero-order valence-corrected chi connectivity index (χ0v) is 18.8. The van der Waals surface area contributed by atoms with Crippen molar-refractivity contribution in [3.63, 3.8) is 0 Å². The van der Waals surface area contributed by atoms with Gasteiger partial charge in [0.15, 0.2) is 11.6 Å². The van der Waals surface area contributed by atoms with Crippen molar-refractivity contribution in [2.45, 2.75) is 65.2 Å². The van der Waals surface area contributed by atoms with Crippen molar-refractivity contribution in [3.8, 4) is 11.5 Å². The van der Waals surface area contributed by atoms with Crippen LogP contribution in [-0.4, -0.2) is 37.5 Å². The molecule has 2 rings (SSSR count). The highest BCUT2D eigenvalue weighted by molar-refractivity contribution is 6.25. The Hall–Kier alpha value is -2.96. The van der Waals surface area contributed by atoms with E-state index in [4.69, 9.17) is 14.3 Å². The number of allylic oxidation sites excluding steroid dienone is 2. The first kappa shape index (κ1) is 24.3. The molecule has 168 valence electrons. The molecule has 0 N–H and O–H groups in total. The Bertz CT molecular complexity index is 885. The first-order valence-electron chi connectivity index (χ1n) is 10.8. The van der Waals surface area contributed by atoms with Crippen LogP contribution in [-0.2, 0) is 9.63 Å². The van der Waals surface area contributed by atoms with E-state index >= 15 is 0 Å². The molecule has 0 atom stereocenters. The molecule has 0 spiro atoms. The molecule has 1 aliphatic rings. The Labute approximate surface area is 183 Å². The smallest absolute Gasteiger partial charge is 0.335 e. The number of benzene rings is 1. The van der Waals surface area contributed by atoms with E-state index in [1.165, 1.54) is 26.4 Å². The zero-order chi connectivity index (χ0) is 22.8. The van der Waals surface area contributed by atoms with Crippen LogP contribution in [0.4, 0.5) is 0 Å². The topological polar surface area (TPSA) is 91.3 Å². The Morgan fingerprint density at radius 1 is 0.871 bits per heavy atom. The summed E-state index contributed by atoms with van der Waals surface area (Å²) in [6.07, 6.45) is 9.10. The maximum atomic E-state index is 12.6. The summed E-state index contributed by atoms with van der Waals surface area (Å²) < 4.78 is 11.0. The fourth-order valence-electron chi connectivity index (χ4n) is 3.51. The fraction of sp³-hybridized carbons (Fsp3) is 0.500. The number of carbonyl (C=O) groups excluding carboxylic acids is 3. The zero-order valence-electron chi connectivity index (χ0n) is 18.8. The summed E-state index contributed by atoms with van der Waals surface area (Å²) in [7, 11) is 2.87. The molecule has 0 saturated carbocycles. The third kappa shape index (κ3) is 6.03. The molecular formula is C24H31NO6. The van der Waals surface area contributed by atoms with E-state index in [1.807, 2.05) is 6.92 Å². The lowest BCUT2D eigenvalue weighted by atomic mass is 9.88. The predicted octanol–water partition coefficient (Wildman–Crippen LogP) is 5.05. The maximum Gasteiger partial charge on any atom is 0.335 e. The van der Waals surface area contributed by atoms with E-state index in [9.17, 15) is 14.4 Å². The molecule has 1 aliphatic carbocycles. The lowest BCUT2D eigenvalue weighted by Crippen LogP contribution is -2.18. The minimum atomic E-state index is -0.427. The number of methoxy groups -OCH3 is 2. The molecule has 7 heteroatoms. The van der Waals surface area contributed by atoms with Crippen molar-refractivity contribution in [1.29, 1.82) is 0 Å². The van der Waals surface area contributed by atoms with Crippen molar-refractivity contribution >= 4 is 23.2 Å². The average molecular weight is 430 g/mol. The van der Waals surface area contributed by atoms with Gasteiger partial charge in [0.1, 0.15) is 11.5 Å². The molecule has 0 aromatic heterocycles. The summed E-state index contributed by atoms with van der Waals surface area (Å²) in [5.74, 6) is -0.617. The minimum Gasteiger partial charge on any atom is -0.496 e. The van der Waals surface area contributed by atoms with Crippen molar-refractivity contribution in [3.05, 3.63) is 34.9 Å². The summed E-state index contributed by atoms with van der Waals surface area (Å²) in [5.41, 5.74) is 1.27. The van der Waals surface area contributed by atoms with Gasteiger partial charge in [0.2, 0.25) is 0 Å². The first-order chi connectivity index (χ1) is 15.0. The summed E-state index contributed by atoms with van der Waals surface area (Å²) >= 11 is 0. The molecular weight excluding hydrogens is 398 g/mol. The highest BCUT2D eigenvalue weighted by Gasteiger charge is 2.31. The van der Waals surface area contributed by atoms with Gasteiger partial charge >= 0.3 is 5.97 Å². The van der Waals surface area contributed by atoms with Crippen LogP contribution in [0.3, 0.4) is 0 Å².